The standard InChI is InChI=1S/C27H25N3O3S.ClH/c31-19-7-6-15-10-20-27(32)11-17-16-2-1-3-18(28-13-34)22(16)29-23(17)25-26(27,21(15)24(19)33-25)8-9-30(20)12-14-4-5-14;/h1-3,6-7,14,20,25,29,31-32H,4-5,8-12H2;1H/t20-,25+,26+,27-;/m1./s1. The van der Waals surface area contributed by atoms with Crippen molar-refractivity contribution < 1.29 is 14.9 Å². The topological polar surface area (TPSA) is 81.1 Å². The molecular formula is C27H26ClN3O3S. The van der Waals surface area contributed by atoms with Gasteiger partial charge in [0.2, 0.25) is 0 Å². The lowest BCUT2D eigenvalue weighted by molar-refractivity contribution is -0.173. The van der Waals surface area contributed by atoms with Crippen molar-refractivity contribution in [2.45, 2.75) is 55.3 Å². The molecule has 1 aromatic heterocycles. The molecule has 2 bridgehead atoms. The van der Waals surface area contributed by atoms with E-state index in [1.54, 1.807) is 6.07 Å². The number of aliphatic hydroxyl groups is 1. The molecule has 3 heterocycles. The summed E-state index contributed by atoms with van der Waals surface area (Å²) in [5, 5.41) is 27.2. The molecular weight excluding hydrogens is 482 g/mol. The van der Waals surface area contributed by atoms with Crippen LogP contribution in [0.2, 0.25) is 0 Å². The number of phenols is 1. The molecule has 3 N–H and O–H groups in total. The first-order chi connectivity index (χ1) is 16.5. The van der Waals surface area contributed by atoms with Crippen molar-refractivity contribution in [1.29, 1.82) is 0 Å². The van der Waals surface area contributed by atoms with Gasteiger partial charge in [-0.3, -0.25) is 4.90 Å². The Morgan fingerprint density at radius 3 is 2.91 bits per heavy atom. The number of isothiocyanates is 1. The maximum absolute atomic E-state index is 12.8. The summed E-state index contributed by atoms with van der Waals surface area (Å²) >= 11 is 4.89. The van der Waals surface area contributed by atoms with Crippen molar-refractivity contribution in [2.75, 3.05) is 13.1 Å². The van der Waals surface area contributed by atoms with E-state index in [0.29, 0.717) is 12.2 Å². The molecule has 0 amide bonds. The fourth-order valence-electron chi connectivity index (χ4n) is 7.77. The zero-order valence-electron chi connectivity index (χ0n) is 19.1. The number of thiocarbonyl (C=S) groups is 1. The predicted octanol–water partition coefficient (Wildman–Crippen LogP) is 4.73. The van der Waals surface area contributed by atoms with Gasteiger partial charge in [0.05, 0.1) is 33.1 Å². The number of phenolic OH excluding ortho intramolecular Hbond substituents is 1. The van der Waals surface area contributed by atoms with Crippen LogP contribution in [0.4, 0.5) is 5.69 Å². The van der Waals surface area contributed by atoms with Crippen LogP contribution in [0.25, 0.3) is 10.9 Å². The molecule has 5 aliphatic rings. The number of nitrogens with zero attached hydrogens (tertiary/aromatic N) is 2. The van der Waals surface area contributed by atoms with Gasteiger partial charge >= 0.3 is 0 Å². The van der Waals surface area contributed by atoms with E-state index in [0.717, 1.165) is 65.3 Å². The molecule has 4 atom stereocenters. The Kier molecular flexibility index (Phi) is 4.42. The molecule has 1 spiro atoms. The molecule has 3 aromatic rings. The minimum Gasteiger partial charge on any atom is -0.504 e. The zero-order chi connectivity index (χ0) is 22.8. The molecule has 8 rings (SSSR count). The van der Waals surface area contributed by atoms with Crippen molar-refractivity contribution in [2.24, 2.45) is 10.9 Å². The maximum Gasteiger partial charge on any atom is 0.166 e. The van der Waals surface area contributed by atoms with Crippen LogP contribution in [-0.2, 0) is 18.3 Å². The number of halogens is 1. The third-order valence-electron chi connectivity index (χ3n) is 9.34. The van der Waals surface area contributed by atoms with Crippen molar-refractivity contribution >= 4 is 46.4 Å². The molecule has 0 unspecified atom stereocenters. The van der Waals surface area contributed by atoms with Crippen LogP contribution < -0.4 is 4.74 Å². The van der Waals surface area contributed by atoms with E-state index in [2.05, 4.69) is 26.1 Å². The summed E-state index contributed by atoms with van der Waals surface area (Å²) in [6.45, 7) is 2.00. The Balaban J connectivity index is 0.00000210. The van der Waals surface area contributed by atoms with E-state index in [9.17, 15) is 10.2 Å². The van der Waals surface area contributed by atoms with E-state index in [-0.39, 0.29) is 30.3 Å². The molecule has 3 aliphatic carbocycles. The quantitative estimate of drug-likeness (QED) is 0.353. The number of piperidine rings is 1. The van der Waals surface area contributed by atoms with E-state index < -0.39 is 11.0 Å². The van der Waals surface area contributed by atoms with Gasteiger partial charge in [-0.25, -0.2) is 0 Å². The van der Waals surface area contributed by atoms with Crippen molar-refractivity contribution in [3.05, 3.63) is 52.7 Å². The largest absolute Gasteiger partial charge is 0.504 e. The Morgan fingerprint density at radius 2 is 2.11 bits per heavy atom. The summed E-state index contributed by atoms with van der Waals surface area (Å²) in [7, 11) is 0. The van der Waals surface area contributed by atoms with Crippen molar-refractivity contribution in [3.8, 4) is 11.5 Å². The Labute approximate surface area is 214 Å². The fraction of sp³-hybridized carbons (Fsp3) is 0.444. The summed E-state index contributed by atoms with van der Waals surface area (Å²) in [4.78, 5) is 10.5. The second-order valence-corrected chi connectivity index (χ2v) is 11.0. The number of aromatic hydroxyl groups is 1. The van der Waals surface area contributed by atoms with Crippen LogP contribution in [0.3, 0.4) is 0 Å². The summed E-state index contributed by atoms with van der Waals surface area (Å²) in [5.74, 6) is 1.47. The highest BCUT2D eigenvalue weighted by molar-refractivity contribution is 7.78. The van der Waals surface area contributed by atoms with E-state index >= 15 is 0 Å². The molecule has 6 nitrogen and oxygen atoms in total. The number of benzene rings is 2. The highest BCUT2D eigenvalue weighted by Crippen LogP contribution is 2.69. The van der Waals surface area contributed by atoms with Gasteiger partial charge in [0.25, 0.3) is 0 Å². The van der Waals surface area contributed by atoms with Gasteiger partial charge in [-0.1, -0.05) is 18.2 Å². The molecule has 2 aromatic carbocycles. The highest BCUT2D eigenvalue weighted by Gasteiger charge is 2.72. The minimum atomic E-state index is -0.984. The van der Waals surface area contributed by atoms with Crippen LogP contribution in [0.1, 0.15) is 47.8 Å². The SMILES string of the molecule is Cl.Oc1ccc2c3c1O[C@H]1c4[nH]c5c(N=C=S)cccc5c4C[C@@]4(O)[C@@H](C2)N(CC2CC2)CC[C@]314. The Bertz CT molecular complexity index is 1460. The normalized spacial score (nSPS) is 31.7. The molecule has 180 valence electrons. The third-order valence-corrected chi connectivity index (χ3v) is 9.43. The van der Waals surface area contributed by atoms with Gasteiger partial charge in [-0.2, -0.15) is 4.99 Å². The second kappa shape index (κ2) is 7.09. The van der Waals surface area contributed by atoms with Gasteiger partial charge in [-0.05, 0) is 73.6 Å². The summed E-state index contributed by atoms with van der Waals surface area (Å²) < 4.78 is 6.63. The Morgan fingerprint density at radius 1 is 1.26 bits per heavy atom. The number of nitrogens with one attached hydrogen (secondary N) is 1. The number of para-hydroxylation sites is 1. The van der Waals surface area contributed by atoms with Gasteiger partial charge in [0.1, 0.15) is 0 Å². The number of hydrogen-bond acceptors (Lipinski definition) is 6. The van der Waals surface area contributed by atoms with E-state index in [4.69, 9.17) is 17.0 Å². The Hall–Kier alpha value is -2.41. The number of H-pyrrole nitrogens is 1. The molecule has 2 fully saturated rings. The monoisotopic (exact) mass is 507 g/mol. The number of aromatic amines is 1. The smallest absolute Gasteiger partial charge is 0.166 e. The number of likely N-dealkylation sites (tertiary alicyclic amines) is 1. The van der Waals surface area contributed by atoms with E-state index in [1.165, 1.54) is 18.4 Å². The average molecular weight is 508 g/mol. The lowest BCUT2D eigenvalue weighted by atomic mass is 9.49. The van der Waals surface area contributed by atoms with E-state index in [1.807, 2.05) is 18.2 Å². The molecule has 2 aliphatic heterocycles. The first-order valence-electron chi connectivity index (χ1n) is 12.2. The lowest BCUT2D eigenvalue weighted by Gasteiger charge is -2.62. The zero-order valence-corrected chi connectivity index (χ0v) is 20.7. The summed E-state index contributed by atoms with van der Waals surface area (Å²) in [6.07, 6.45) is 4.34. The number of aliphatic imine (C=N–C) groups is 1. The molecule has 35 heavy (non-hydrogen) atoms. The van der Waals surface area contributed by atoms with Crippen LogP contribution in [0.5, 0.6) is 11.5 Å². The number of hydrogen-bond donors (Lipinski definition) is 3. The van der Waals surface area contributed by atoms with Crippen LogP contribution in [0, 0.1) is 5.92 Å². The number of aromatic nitrogens is 1. The molecule has 8 heteroatoms. The van der Waals surface area contributed by atoms with Crippen LogP contribution in [-0.4, -0.2) is 50.0 Å². The number of rotatable bonds is 3. The van der Waals surface area contributed by atoms with Gasteiger partial charge < -0.3 is 19.9 Å². The number of fused-ring (bicyclic) bond motifs is 4. The maximum atomic E-state index is 12.8. The van der Waals surface area contributed by atoms with Crippen molar-refractivity contribution in [1.82, 2.24) is 9.88 Å². The van der Waals surface area contributed by atoms with Crippen LogP contribution in [0.15, 0.2) is 35.3 Å². The predicted molar refractivity (Wildman–Crippen MR) is 138 cm³/mol. The first-order valence-corrected chi connectivity index (χ1v) is 12.7. The minimum absolute atomic E-state index is 0. The van der Waals surface area contributed by atoms with Gasteiger partial charge in [0, 0.05) is 30.0 Å². The molecule has 0 radical (unpaired) electrons. The average Bonchev–Trinajstić information content (AvgIpc) is 3.46. The third kappa shape index (κ3) is 2.53. The van der Waals surface area contributed by atoms with Crippen LogP contribution >= 0.6 is 24.6 Å². The fourth-order valence-corrected chi connectivity index (χ4v) is 7.87. The first kappa shape index (κ1) is 21.8. The molecule has 1 saturated carbocycles. The van der Waals surface area contributed by atoms with Gasteiger partial charge in [-0.15, -0.1) is 12.4 Å². The summed E-state index contributed by atoms with van der Waals surface area (Å²) in [5.41, 5.74) is 4.39. The second-order valence-electron chi connectivity index (χ2n) is 10.8. The molecule has 1 saturated heterocycles. The highest BCUT2D eigenvalue weighted by atomic mass is 35.5. The van der Waals surface area contributed by atoms with Gasteiger partial charge in [0.15, 0.2) is 17.6 Å². The lowest BCUT2D eigenvalue weighted by Crippen LogP contribution is -2.74. The van der Waals surface area contributed by atoms with Crippen molar-refractivity contribution in [3.63, 3.8) is 0 Å². The summed E-state index contributed by atoms with van der Waals surface area (Å²) in [6, 6.07) is 9.81. The number of ether oxygens (including phenoxy) is 1.